The van der Waals surface area contributed by atoms with Gasteiger partial charge < -0.3 is 11.5 Å². The molecule has 0 amide bonds. The Kier molecular flexibility index (Phi) is 3.02. The van der Waals surface area contributed by atoms with Crippen molar-refractivity contribution >= 4 is 0 Å². The van der Waals surface area contributed by atoms with Gasteiger partial charge in [-0.2, -0.15) is 0 Å². The summed E-state index contributed by atoms with van der Waals surface area (Å²) in [7, 11) is 0. The van der Waals surface area contributed by atoms with E-state index >= 15 is 0 Å². The van der Waals surface area contributed by atoms with Gasteiger partial charge in [0.2, 0.25) is 0 Å². The highest BCUT2D eigenvalue weighted by Crippen LogP contribution is 2.57. The van der Waals surface area contributed by atoms with Gasteiger partial charge in [0.05, 0.1) is 0 Å². The molecule has 4 aliphatic rings. The summed E-state index contributed by atoms with van der Waals surface area (Å²) in [6.07, 6.45) is 7.29. The molecule has 2 nitrogen and oxygen atoms in total. The molecule has 4 aliphatic carbocycles. The zero-order chi connectivity index (χ0) is 13.1. The Balaban J connectivity index is 1.80. The predicted molar refractivity (Wildman–Crippen MR) is 75.9 cm³/mol. The topological polar surface area (TPSA) is 52.0 Å². The van der Waals surface area contributed by atoms with Crippen molar-refractivity contribution in [2.75, 3.05) is 0 Å². The Hall–Kier alpha value is -0.0800. The summed E-state index contributed by atoms with van der Waals surface area (Å²) in [5, 5.41) is 0. The lowest BCUT2D eigenvalue weighted by Gasteiger charge is -2.58. The second kappa shape index (κ2) is 4.21. The maximum Gasteiger partial charge on any atom is 0.0305 e. The fourth-order valence-corrected chi connectivity index (χ4v) is 5.35. The first-order chi connectivity index (χ1) is 8.39. The van der Waals surface area contributed by atoms with E-state index in [4.69, 9.17) is 11.5 Å². The van der Waals surface area contributed by atoms with Crippen molar-refractivity contribution in [3.8, 4) is 0 Å². The lowest BCUT2D eigenvalue weighted by atomic mass is 9.49. The zero-order valence-electron chi connectivity index (χ0n) is 12.2. The summed E-state index contributed by atoms with van der Waals surface area (Å²) < 4.78 is 0. The first-order valence-corrected chi connectivity index (χ1v) is 7.94. The van der Waals surface area contributed by atoms with Crippen molar-refractivity contribution in [1.82, 2.24) is 0 Å². The highest BCUT2D eigenvalue weighted by Gasteiger charge is 2.52. The van der Waals surface area contributed by atoms with E-state index in [9.17, 15) is 0 Å². The van der Waals surface area contributed by atoms with Gasteiger partial charge in [0, 0.05) is 11.6 Å². The van der Waals surface area contributed by atoms with Crippen molar-refractivity contribution in [2.45, 2.75) is 64.5 Å². The molecule has 2 heteroatoms. The number of nitrogens with two attached hydrogens (primary N) is 2. The molecule has 0 heterocycles. The maximum atomic E-state index is 6.65. The Morgan fingerprint density at radius 3 is 1.78 bits per heavy atom. The van der Waals surface area contributed by atoms with Crippen LogP contribution in [0.5, 0.6) is 0 Å². The van der Waals surface area contributed by atoms with E-state index in [1.807, 2.05) is 0 Å². The second-order valence-electron chi connectivity index (χ2n) is 8.05. The van der Waals surface area contributed by atoms with Crippen molar-refractivity contribution in [1.29, 1.82) is 0 Å². The molecule has 0 aromatic heterocycles. The molecule has 0 aromatic carbocycles. The Labute approximate surface area is 112 Å². The summed E-state index contributed by atoms with van der Waals surface area (Å²) in [5.41, 5.74) is 13.0. The summed E-state index contributed by atoms with van der Waals surface area (Å²) in [6.45, 7) is 6.61. The van der Waals surface area contributed by atoms with Gasteiger partial charge in [0.1, 0.15) is 0 Å². The fourth-order valence-electron chi connectivity index (χ4n) is 5.35. The van der Waals surface area contributed by atoms with Crippen LogP contribution in [0.4, 0.5) is 0 Å². The van der Waals surface area contributed by atoms with E-state index in [0.717, 1.165) is 23.7 Å². The van der Waals surface area contributed by atoms with Gasteiger partial charge in [0.25, 0.3) is 0 Å². The molecule has 18 heavy (non-hydrogen) atoms. The van der Waals surface area contributed by atoms with Gasteiger partial charge in [-0.25, -0.2) is 0 Å². The molecule has 4 rings (SSSR count). The molecule has 2 atom stereocenters. The van der Waals surface area contributed by atoms with Crippen LogP contribution in [-0.4, -0.2) is 11.6 Å². The van der Waals surface area contributed by atoms with Gasteiger partial charge in [-0.3, -0.25) is 0 Å². The maximum absolute atomic E-state index is 6.65. The van der Waals surface area contributed by atoms with Crippen LogP contribution in [0.25, 0.3) is 0 Å². The molecule has 4 saturated carbocycles. The molecular formula is C16H30N2. The molecule has 0 aromatic rings. The van der Waals surface area contributed by atoms with E-state index in [2.05, 4.69) is 20.8 Å². The van der Waals surface area contributed by atoms with E-state index < -0.39 is 0 Å². The summed E-state index contributed by atoms with van der Waals surface area (Å²) in [5.74, 6) is 4.99. The predicted octanol–water partition coefficient (Wildman–Crippen LogP) is 2.76. The van der Waals surface area contributed by atoms with Crippen LogP contribution in [0, 0.1) is 35.5 Å². The molecule has 0 radical (unpaired) electrons. The summed E-state index contributed by atoms with van der Waals surface area (Å²) >= 11 is 0. The Morgan fingerprint density at radius 1 is 0.944 bits per heavy atom. The molecule has 0 saturated heterocycles. The third-order valence-corrected chi connectivity index (χ3v) is 6.68. The van der Waals surface area contributed by atoms with Gasteiger partial charge in [0.15, 0.2) is 0 Å². The highest BCUT2D eigenvalue weighted by atomic mass is 14.9. The van der Waals surface area contributed by atoms with Crippen LogP contribution < -0.4 is 11.5 Å². The molecule has 4 fully saturated rings. The van der Waals surface area contributed by atoms with Crippen molar-refractivity contribution in [3.63, 3.8) is 0 Å². The minimum atomic E-state index is -0.208. The monoisotopic (exact) mass is 250 g/mol. The van der Waals surface area contributed by atoms with Crippen LogP contribution in [-0.2, 0) is 0 Å². The average Bonchev–Trinajstić information content (AvgIpc) is 2.26. The first kappa shape index (κ1) is 12.9. The second-order valence-corrected chi connectivity index (χ2v) is 8.05. The van der Waals surface area contributed by atoms with E-state index in [1.54, 1.807) is 0 Å². The van der Waals surface area contributed by atoms with Gasteiger partial charge >= 0.3 is 0 Å². The molecule has 0 aliphatic heterocycles. The third-order valence-electron chi connectivity index (χ3n) is 6.68. The van der Waals surface area contributed by atoms with Crippen molar-refractivity contribution in [3.05, 3.63) is 0 Å². The Morgan fingerprint density at radius 2 is 1.39 bits per heavy atom. The van der Waals surface area contributed by atoms with Crippen LogP contribution in [0.1, 0.15) is 52.9 Å². The number of rotatable bonds is 3. The number of hydrogen-bond donors (Lipinski definition) is 2. The minimum absolute atomic E-state index is 0.187. The van der Waals surface area contributed by atoms with Gasteiger partial charge in [-0.1, -0.05) is 13.8 Å². The van der Waals surface area contributed by atoms with Crippen LogP contribution >= 0.6 is 0 Å². The normalized spacial score (nSPS) is 47.3. The van der Waals surface area contributed by atoms with Crippen molar-refractivity contribution in [2.24, 2.45) is 47.0 Å². The quantitative estimate of drug-likeness (QED) is 0.809. The van der Waals surface area contributed by atoms with E-state index in [-0.39, 0.29) is 11.6 Å². The van der Waals surface area contributed by atoms with Crippen molar-refractivity contribution < 1.29 is 0 Å². The summed E-state index contributed by atoms with van der Waals surface area (Å²) in [6, 6.07) is 0.187. The zero-order valence-corrected chi connectivity index (χ0v) is 12.2. The molecule has 2 unspecified atom stereocenters. The van der Waals surface area contributed by atoms with Crippen LogP contribution in [0.3, 0.4) is 0 Å². The van der Waals surface area contributed by atoms with Gasteiger partial charge in [-0.05, 0) is 74.5 Å². The van der Waals surface area contributed by atoms with E-state index in [1.165, 1.54) is 32.1 Å². The van der Waals surface area contributed by atoms with Crippen LogP contribution in [0.2, 0.25) is 0 Å². The lowest BCUT2D eigenvalue weighted by Crippen LogP contribution is -2.64. The molecule has 4 bridgehead atoms. The lowest BCUT2D eigenvalue weighted by molar-refractivity contribution is -0.0591. The Bertz CT molecular complexity index is 293. The first-order valence-electron chi connectivity index (χ1n) is 7.94. The number of hydrogen-bond acceptors (Lipinski definition) is 2. The van der Waals surface area contributed by atoms with Crippen LogP contribution in [0.15, 0.2) is 0 Å². The fraction of sp³-hybridized carbons (Fsp3) is 1.00. The molecule has 4 N–H and O–H groups in total. The SMILES string of the molecule is CC(C)C(C)(N)C(N)C1C2CC3CC(C2)CC1C3. The molecule has 0 spiro atoms. The average molecular weight is 250 g/mol. The van der Waals surface area contributed by atoms with Gasteiger partial charge in [-0.15, -0.1) is 0 Å². The minimum Gasteiger partial charge on any atom is -0.326 e. The standard InChI is InChI=1S/C16H30N2/c1-9(2)16(3,18)15(17)14-12-5-10-4-11(7-12)8-13(14)6-10/h9-15H,4-8,17-18H2,1-3H3. The smallest absolute Gasteiger partial charge is 0.0305 e. The van der Waals surface area contributed by atoms with E-state index in [0.29, 0.717) is 11.8 Å². The largest absolute Gasteiger partial charge is 0.326 e. The third kappa shape index (κ3) is 1.84. The molecular weight excluding hydrogens is 220 g/mol. The summed E-state index contributed by atoms with van der Waals surface area (Å²) in [4.78, 5) is 0. The highest BCUT2D eigenvalue weighted by molar-refractivity contribution is 5.06. The molecule has 104 valence electrons.